The van der Waals surface area contributed by atoms with Crippen LogP contribution in [0.3, 0.4) is 0 Å². The Hall–Kier alpha value is -2.17. The second-order valence-corrected chi connectivity index (χ2v) is 5.67. The molecule has 1 aliphatic heterocycles. The number of piperidine rings is 1. The Bertz CT molecular complexity index is 617. The predicted molar refractivity (Wildman–Crippen MR) is 83.8 cm³/mol. The van der Waals surface area contributed by atoms with E-state index in [1.807, 2.05) is 19.9 Å². The molecule has 0 radical (unpaired) electrons. The predicted octanol–water partition coefficient (Wildman–Crippen LogP) is 3.28. The molecule has 0 unspecified atom stereocenters. The average Bonchev–Trinajstić information content (AvgIpc) is 2.49. The molecule has 1 fully saturated rings. The largest absolute Gasteiger partial charge is 0.490 e. The summed E-state index contributed by atoms with van der Waals surface area (Å²) in [6.07, 6.45) is 2.03. The number of ether oxygens (including phenoxy) is 1. The standard InChI is InChI=1S/C17H20FN3O/c1-12-11-17(20-13(2)19-12)21-9-7-16(8-10-21)22-15-5-3-14(18)4-6-15/h3-6,11,16H,7-10H2,1-2H3. The summed E-state index contributed by atoms with van der Waals surface area (Å²) in [6.45, 7) is 5.72. The van der Waals surface area contributed by atoms with Gasteiger partial charge in [-0.05, 0) is 38.1 Å². The van der Waals surface area contributed by atoms with E-state index < -0.39 is 0 Å². The number of anilines is 1. The van der Waals surface area contributed by atoms with Gasteiger partial charge in [-0.3, -0.25) is 0 Å². The van der Waals surface area contributed by atoms with Gasteiger partial charge in [-0.2, -0.15) is 0 Å². The van der Waals surface area contributed by atoms with E-state index in [0.29, 0.717) is 0 Å². The Morgan fingerprint density at radius 1 is 1.09 bits per heavy atom. The van der Waals surface area contributed by atoms with Crippen molar-refractivity contribution in [2.24, 2.45) is 0 Å². The number of nitrogens with zero attached hydrogens (tertiary/aromatic N) is 3. The van der Waals surface area contributed by atoms with Gasteiger partial charge in [-0.25, -0.2) is 14.4 Å². The molecule has 2 aromatic rings. The van der Waals surface area contributed by atoms with E-state index in [2.05, 4.69) is 14.9 Å². The monoisotopic (exact) mass is 301 g/mol. The lowest BCUT2D eigenvalue weighted by Gasteiger charge is -2.33. The number of hydrogen-bond acceptors (Lipinski definition) is 4. The van der Waals surface area contributed by atoms with Crippen LogP contribution in [0.5, 0.6) is 5.75 Å². The summed E-state index contributed by atoms with van der Waals surface area (Å²) < 4.78 is 18.8. The van der Waals surface area contributed by atoms with Gasteiger partial charge in [-0.15, -0.1) is 0 Å². The molecule has 1 aliphatic rings. The lowest BCUT2D eigenvalue weighted by Crippen LogP contribution is -2.38. The van der Waals surface area contributed by atoms with Crippen molar-refractivity contribution in [3.05, 3.63) is 47.7 Å². The molecule has 0 spiro atoms. The maximum atomic E-state index is 12.9. The highest BCUT2D eigenvalue weighted by Gasteiger charge is 2.21. The van der Waals surface area contributed by atoms with E-state index in [9.17, 15) is 4.39 Å². The minimum atomic E-state index is -0.239. The van der Waals surface area contributed by atoms with Crippen molar-refractivity contribution in [1.29, 1.82) is 0 Å². The summed E-state index contributed by atoms with van der Waals surface area (Å²) >= 11 is 0. The smallest absolute Gasteiger partial charge is 0.132 e. The molecule has 5 heteroatoms. The minimum absolute atomic E-state index is 0.172. The highest BCUT2D eigenvalue weighted by molar-refractivity contribution is 5.40. The molecule has 0 bridgehead atoms. The van der Waals surface area contributed by atoms with Crippen molar-refractivity contribution >= 4 is 5.82 Å². The fourth-order valence-electron chi connectivity index (χ4n) is 2.77. The van der Waals surface area contributed by atoms with Crippen molar-refractivity contribution in [2.75, 3.05) is 18.0 Å². The summed E-state index contributed by atoms with van der Waals surface area (Å²) in [6, 6.07) is 8.24. The number of benzene rings is 1. The van der Waals surface area contributed by atoms with Crippen molar-refractivity contribution in [3.63, 3.8) is 0 Å². The maximum absolute atomic E-state index is 12.9. The van der Waals surface area contributed by atoms with E-state index in [1.165, 1.54) is 12.1 Å². The first-order valence-corrected chi connectivity index (χ1v) is 7.59. The Morgan fingerprint density at radius 3 is 2.41 bits per heavy atom. The van der Waals surface area contributed by atoms with E-state index in [-0.39, 0.29) is 11.9 Å². The molecule has 4 nitrogen and oxygen atoms in total. The zero-order chi connectivity index (χ0) is 15.5. The van der Waals surface area contributed by atoms with Gasteiger partial charge in [0.2, 0.25) is 0 Å². The third kappa shape index (κ3) is 3.53. The third-order valence-corrected chi connectivity index (χ3v) is 3.83. The molecule has 3 rings (SSSR count). The van der Waals surface area contributed by atoms with Crippen LogP contribution in [0.15, 0.2) is 30.3 Å². The van der Waals surface area contributed by atoms with Gasteiger partial charge in [0.15, 0.2) is 0 Å². The molecule has 2 heterocycles. The summed E-state index contributed by atoms with van der Waals surface area (Å²) in [5.41, 5.74) is 0.993. The number of halogens is 1. The Balaban J connectivity index is 1.59. The molecule has 0 amide bonds. The normalized spacial score (nSPS) is 15.9. The maximum Gasteiger partial charge on any atom is 0.132 e. The second kappa shape index (κ2) is 6.30. The molecule has 0 aliphatic carbocycles. The van der Waals surface area contributed by atoms with E-state index in [0.717, 1.165) is 49.0 Å². The molecular formula is C17H20FN3O. The number of aromatic nitrogens is 2. The number of rotatable bonds is 3. The first kappa shape index (κ1) is 14.8. The summed E-state index contributed by atoms with van der Waals surface area (Å²) in [5.74, 6) is 2.29. The molecule has 0 atom stereocenters. The fourth-order valence-corrected chi connectivity index (χ4v) is 2.77. The first-order valence-electron chi connectivity index (χ1n) is 7.59. The highest BCUT2D eigenvalue weighted by atomic mass is 19.1. The molecule has 0 N–H and O–H groups in total. The van der Waals surface area contributed by atoms with Gasteiger partial charge in [0.25, 0.3) is 0 Å². The Labute approximate surface area is 130 Å². The minimum Gasteiger partial charge on any atom is -0.490 e. The summed E-state index contributed by atoms with van der Waals surface area (Å²) in [7, 11) is 0. The molecule has 1 aromatic heterocycles. The van der Waals surface area contributed by atoms with Crippen LogP contribution in [0.4, 0.5) is 10.2 Å². The van der Waals surface area contributed by atoms with Crippen molar-refractivity contribution in [3.8, 4) is 5.75 Å². The van der Waals surface area contributed by atoms with Crippen LogP contribution in [0.2, 0.25) is 0 Å². The van der Waals surface area contributed by atoms with Crippen LogP contribution in [0.25, 0.3) is 0 Å². The van der Waals surface area contributed by atoms with Crippen molar-refractivity contribution < 1.29 is 9.13 Å². The SMILES string of the molecule is Cc1cc(N2CCC(Oc3ccc(F)cc3)CC2)nc(C)n1. The van der Waals surface area contributed by atoms with E-state index in [1.54, 1.807) is 12.1 Å². The molecular weight excluding hydrogens is 281 g/mol. The lowest BCUT2D eigenvalue weighted by molar-refractivity contribution is 0.170. The Morgan fingerprint density at radius 2 is 1.77 bits per heavy atom. The van der Waals surface area contributed by atoms with Gasteiger partial charge in [0.1, 0.15) is 29.3 Å². The molecule has 0 saturated carbocycles. The van der Waals surface area contributed by atoms with Gasteiger partial charge in [0, 0.05) is 37.7 Å². The first-order chi connectivity index (χ1) is 10.6. The van der Waals surface area contributed by atoms with Crippen molar-refractivity contribution in [2.45, 2.75) is 32.8 Å². The molecule has 1 saturated heterocycles. The summed E-state index contributed by atoms with van der Waals surface area (Å²) in [4.78, 5) is 11.1. The van der Waals surface area contributed by atoms with Crippen LogP contribution >= 0.6 is 0 Å². The third-order valence-electron chi connectivity index (χ3n) is 3.83. The van der Waals surface area contributed by atoms with Gasteiger partial charge in [0.05, 0.1) is 0 Å². The summed E-state index contributed by atoms with van der Waals surface area (Å²) in [5, 5.41) is 0. The van der Waals surface area contributed by atoms with Crippen LogP contribution in [0.1, 0.15) is 24.4 Å². The molecule has 22 heavy (non-hydrogen) atoms. The number of hydrogen-bond donors (Lipinski definition) is 0. The molecule has 1 aromatic carbocycles. The zero-order valence-electron chi connectivity index (χ0n) is 12.9. The average molecular weight is 301 g/mol. The lowest BCUT2D eigenvalue weighted by atomic mass is 10.1. The van der Waals surface area contributed by atoms with Crippen molar-refractivity contribution in [1.82, 2.24) is 9.97 Å². The highest BCUT2D eigenvalue weighted by Crippen LogP contribution is 2.22. The fraction of sp³-hybridized carbons (Fsp3) is 0.412. The Kier molecular flexibility index (Phi) is 4.22. The molecule has 116 valence electrons. The zero-order valence-corrected chi connectivity index (χ0v) is 12.9. The van der Waals surface area contributed by atoms with E-state index in [4.69, 9.17) is 4.74 Å². The van der Waals surface area contributed by atoms with Gasteiger partial charge >= 0.3 is 0 Å². The van der Waals surface area contributed by atoms with E-state index >= 15 is 0 Å². The van der Waals surface area contributed by atoms with Gasteiger partial charge < -0.3 is 9.64 Å². The topological polar surface area (TPSA) is 38.2 Å². The van der Waals surface area contributed by atoms with Crippen LogP contribution < -0.4 is 9.64 Å². The van der Waals surface area contributed by atoms with Crippen LogP contribution in [-0.2, 0) is 0 Å². The quantitative estimate of drug-likeness (QED) is 0.872. The second-order valence-electron chi connectivity index (χ2n) is 5.67. The van der Waals surface area contributed by atoms with Crippen LogP contribution in [-0.4, -0.2) is 29.2 Å². The van der Waals surface area contributed by atoms with Crippen LogP contribution in [0, 0.1) is 19.7 Å². The number of aryl methyl sites for hydroxylation is 2. The van der Waals surface area contributed by atoms with Gasteiger partial charge in [-0.1, -0.05) is 0 Å².